The molecule has 0 atom stereocenters. The maximum atomic E-state index is 12.6. The van der Waals surface area contributed by atoms with Crippen LogP contribution in [0.3, 0.4) is 0 Å². The summed E-state index contributed by atoms with van der Waals surface area (Å²) in [6, 6.07) is 11.7. The lowest BCUT2D eigenvalue weighted by Gasteiger charge is -2.32. The minimum absolute atomic E-state index is 0.0524. The number of pyridine rings is 1. The van der Waals surface area contributed by atoms with Crippen molar-refractivity contribution < 1.29 is 4.79 Å². The molecule has 1 aromatic heterocycles. The normalized spacial score (nSPS) is 16.5. The van der Waals surface area contributed by atoms with Crippen molar-refractivity contribution in [2.75, 3.05) is 33.2 Å². The maximum Gasteiger partial charge on any atom is 0.186 e. The van der Waals surface area contributed by atoms with Gasteiger partial charge in [-0.2, -0.15) is 0 Å². The molecule has 0 bridgehead atoms. The second-order valence-corrected chi connectivity index (χ2v) is 6.21. The molecule has 3 rings (SSSR count). The van der Waals surface area contributed by atoms with Crippen molar-refractivity contribution >= 4 is 11.9 Å². The quantitative estimate of drug-likeness (QED) is 0.627. The molecule has 2 aromatic rings. The Labute approximate surface area is 143 Å². The Hall–Kier alpha value is -2.30. The van der Waals surface area contributed by atoms with Crippen molar-refractivity contribution in [1.29, 1.82) is 0 Å². The van der Waals surface area contributed by atoms with Crippen LogP contribution in [-0.2, 0) is 6.54 Å². The molecule has 0 aliphatic carbocycles. The number of allylic oxidation sites excluding steroid dienone is 1. The Kier molecular flexibility index (Phi) is 5.51. The van der Waals surface area contributed by atoms with Crippen molar-refractivity contribution in [3.05, 3.63) is 71.6 Å². The van der Waals surface area contributed by atoms with Crippen molar-refractivity contribution in [2.24, 2.45) is 0 Å². The summed E-state index contributed by atoms with van der Waals surface area (Å²) in [5.41, 5.74) is 2.88. The molecule has 0 amide bonds. The number of carbonyl (C=O) groups is 1. The number of aromatic nitrogens is 1. The summed E-state index contributed by atoms with van der Waals surface area (Å²) in [6.07, 6.45) is 6.95. The molecule has 24 heavy (non-hydrogen) atoms. The van der Waals surface area contributed by atoms with Crippen LogP contribution in [0.2, 0.25) is 0 Å². The molecule has 1 aliphatic rings. The van der Waals surface area contributed by atoms with Crippen LogP contribution in [0, 0.1) is 0 Å². The standard InChI is InChI=1S/C20H23N3O/c1-22-12-14-23(15-13-22)16-18-4-2-3-5-19(18)20(24)7-6-17-8-10-21-11-9-17/h2-11H,12-16H2,1H3. The second-order valence-electron chi connectivity index (χ2n) is 6.21. The van der Waals surface area contributed by atoms with Gasteiger partial charge in [-0.05, 0) is 36.4 Å². The van der Waals surface area contributed by atoms with Gasteiger partial charge >= 0.3 is 0 Å². The van der Waals surface area contributed by atoms with Crippen LogP contribution < -0.4 is 0 Å². The number of ketones is 1. The highest BCUT2D eigenvalue weighted by molar-refractivity contribution is 6.07. The van der Waals surface area contributed by atoms with Gasteiger partial charge in [-0.3, -0.25) is 14.7 Å². The number of carbonyl (C=O) groups excluding carboxylic acids is 1. The smallest absolute Gasteiger partial charge is 0.186 e. The van der Waals surface area contributed by atoms with Gasteiger partial charge in [0.2, 0.25) is 0 Å². The third-order valence-electron chi connectivity index (χ3n) is 4.41. The molecule has 1 fully saturated rings. The first-order chi connectivity index (χ1) is 11.7. The SMILES string of the molecule is CN1CCN(Cc2ccccc2C(=O)C=Cc2ccncc2)CC1. The van der Waals surface area contributed by atoms with Crippen LogP contribution in [0.25, 0.3) is 6.08 Å². The van der Waals surface area contributed by atoms with Crippen LogP contribution in [0.15, 0.2) is 54.9 Å². The Morgan fingerprint density at radius 3 is 2.54 bits per heavy atom. The zero-order valence-electron chi connectivity index (χ0n) is 14.1. The van der Waals surface area contributed by atoms with E-state index in [2.05, 4.69) is 27.9 Å². The average molecular weight is 321 g/mol. The topological polar surface area (TPSA) is 36.4 Å². The van der Waals surface area contributed by atoms with Crippen LogP contribution in [-0.4, -0.2) is 53.8 Å². The van der Waals surface area contributed by atoms with Gasteiger partial charge in [-0.25, -0.2) is 0 Å². The van der Waals surface area contributed by atoms with Crippen molar-refractivity contribution in [3.63, 3.8) is 0 Å². The largest absolute Gasteiger partial charge is 0.304 e. The van der Waals surface area contributed by atoms with Crippen LogP contribution in [0.4, 0.5) is 0 Å². The van der Waals surface area contributed by atoms with Crippen molar-refractivity contribution in [2.45, 2.75) is 6.54 Å². The molecule has 0 spiro atoms. The van der Waals surface area contributed by atoms with E-state index in [1.165, 1.54) is 0 Å². The third-order valence-corrected chi connectivity index (χ3v) is 4.41. The maximum absolute atomic E-state index is 12.6. The van der Waals surface area contributed by atoms with Crippen LogP contribution in [0.1, 0.15) is 21.5 Å². The Morgan fingerprint density at radius 1 is 1.08 bits per heavy atom. The van der Waals surface area contributed by atoms with E-state index >= 15 is 0 Å². The molecule has 0 N–H and O–H groups in total. The Bertz CT molecular complexity index is 704. The molecule has 1 aliphatic heterocycles. The van der Waals surface area contributed by atoms with Crippen molar-refractivity contribution in [1.82, 2.24) is 14.8 Å². The van der Waals surface area contributed by atoms with Crippen molar-refractivity contribution in [3.8, 4) is 0 Å². The Morgan fingerprint density at radius 2 is 1.79 bits per heavy atom. The lowest BCUT2D eigenvalue weighted by Crippen LogP contribution is -2.44. The molecule has 2 heterocycles. The first-order valence-electron chi connectivity index (χ1n) is 8.33. The first-order valence-corrected chi connectivity index (χ1v) is 8.33. The third kappa shape index (κ3) is 4.37. The van der Waals surface area contributed by atoms with Gasteiger partial charge in [-0.1, -0.05) is 30.3 Å². The predicted molar refractivity (Wildman–Crippen MR) is 96.8 cm³/mol. The van der Waals surface area contributed by atoms with Gasteiger partial charge in [-0.15, -0.1) is 0 Å². The minimum Gasteiger partial charge on any atom is -0.304 e. The second kappa shape index (κ2) is 7.99. The summed E-state index contributed by atoms with van der Waals surface area (Å²) in [6.45, 7) is 5.09. The molecular weight excluding hydrogens is 298 g/mol. The number of hydrogen-bond acceptors (Lipinski definition) is 4. The number of nitrogens with zero attached hydrogens (tertiary/aromatic N) is 3. The van der Waals surface area contributed by atoms with E-state index in [0.29, 0.717) is 0 Å². The molecule has 0 radical (unpaired) electrons. The van der Waals surface area contributed by atoms with Gasteiger partial charge in [0, 0.05) is 50.7 Å². The lowest BCUT2D eigenvalue weighted by molar-refractivity contribution is 0.104. The summed E-state index contributed by atoms with van der Waals surface area (Å²) < 4.78 is 0. The molecule has 1 saturated heterocycles. The first kappa shape index (κ1) is 16.6. The summed E-state index contributed by atoms with van der Waals surface area (Å²) >= 11 is 0. The van der Waals surface area contributed by atoms with Crippen LogP contribution in [0.5, 0.6) is 0 Å². The van der Waals surface area contributed by atoms with E-state index in [1.54, 1.807) is 18.5 Å². The van der Waals surface area contributed by atoms with E-state index in [1.807, 2.05) is 36.4 Å². The molecule has 0 unspecified atom stereocenters. The Balaban J connectivity index is 1.71. The molecule has 4 heteroatoms. The monoisotopic (exact) mass is 321 g/mol. The highest BCUT2D eigenvalue weighted by Gasteiger charge is 2.16. The molecule has 1 aromatic carbocycles. The fraction of sp³-hybridized carbons (Fsp3) is 0.300. The predicted octanol–water partition coefficient (Wildman–Crippen LogP) is 2.73. The van der Waals surface area contributed by atoms with Gasteiger partial charge in [0.25, 0.3) is 0 Å². The molecule has 4 nitrogen and oxygen atoms in total. The number of piperazine rings is 1. The van der Waals surface area contributed by atoms with E-state index in [0.717, 1.165) is 49.4 Å². The number of rotatable bonds is 5. The van der Waals surface area contributed by atoms with Gasteiger partial charge in [0.15, 0.2) is 5.78 Å². The zero-order valence-corrected chi connectivity index (χ0v) is 14.1. The zero-order chi connectivity index (χ0) is 16.8. The fourth-order valence-electron chi connectivity index (χ4n) is 2.88. The highest BCUT2D eigenvalue weighted by atomic mass is 16.1. The number of benzene rings is 1. The summed E-state index contributed by atoms with van der Waals surface area (Å²) in [5, 5.41) is 0. The summed E-state index contributed by atoms with van der Waals surface area (Å²) in [7, 11) is 2.15. The van der Waals surface area contributed by atoms with Crippen LogP contribution >= 0.6 is 0 Å². The minimum atomic E-state index is 0.0524. The average Bonchev–Trinajstić information content (AvgIpc) is 2.63. The van der Waals surface area contributed by atoms with E-state index < -0.39 is 0 Å². The number of likely N-dealkylation sites (N-methyl/N-ethyl adjacent to an activating group) is 1. The molecular formula is C20H23N3O. The van der Waals surface area contributed by atoms with E-state index in [4.69, 9.17) is 0 Å². The molecule has 0 saturated carbocycles. The number of hydrogen-bond donors (Lipinski definition) is 0. The van der Waals surface area contributed by atoms with Gasteiger partial charge in [0.05, 0.1) is 0 Å². The van der Waals surface area contributed by atoms with E-state index in [9.17, 15) is 4.79 Å². The summed E-state index contributed by atoms with van der Waals surface area (Å²) in [5.74, 6) is 0.0524. The lowest BCUT2D eigenvalue weighted by atomic mass is 10.0. The molecule has 124 valence electrons. The van der Waals surface area contributed by atoms with Gasteiger partial charge < -0.3 is 4.90 Å². The highest BCUT2D eigenvalue weighted by Crippen LogP contribution is 2.15. The summed E-state index contributed by atoms with van der Waals surface area (Å²) in [4.78, 5) is 21.3. The van der Waals surface area contributed by atoms with E-state index in [-0.39, 0.29) is 5.78 Å². The fourth-order valence-corrected chi connectivity index (χ4v) is 2.88. The van der Waals surface area contributed by atoms with Gasteiger partial charge in [0.1, 0.15) is 0 Å².